The summed E-state index contributed by atoms with van der Waals surface area (Å²) in [6.45, 7) is 3.72. The van der Waals surface area contributed by atoms with Crippen LogP contribution in [0.1, 0.15) is 31.0 Å². The van der Waals surface area contributed by atoms with Crippen LogP contribution in [0, 0.1) is 0 Å². The van der Waals surface area contributed by atoms with Crippen molar-refractivity contribution in [2.45, 2.75) is 31.3 Å². The number of benzene rings is 1. The van der Waals surface area contributed by atoms with E-state index in [0.29, 0.717) is 12.1 Å². The van der Waals surface area contributed by atoms with Crippen molar-refractivity contribution in [2.75, 3.05) is 12.8 Å². The summed E-state index contributed by atoms with van der Waals surface area (Å²) in [5, 5.41) is 2.12. The highest BCUT2D eigenvalue weighted by Gasteiger charge is 2.32. The summed E-state index contributed by atoms with van der Waals surface area (Å²) in [6, 6.07) is 4.09. The molecule has 0 saturated carbocycles. The lowest BCUT2D eigenvalue weighted by Crippen LogP contribution is -2.35. The standard InChI is InChI=1S/C13H18F3NO2S/c1-4-17-12(9(2)20(3,18)19)10-6-5-7-11(8-10)13(14,15)16/h5-9,12,17H,4H2,1-3H3. The van der Waals surface area contributed by atoms with Gasteiger partial charge in [0, 0.05) is 12.3 Å². The van der Waals surface area contributed by atoms with Crippen LogP contribution >= 0.6 is 0 Å². The zero-order valence-electron chi connectivity index (χ0n) is 11.5. The van der Waals surface area contributed by atoms with Crippen molar-refractivity contribution in [3.8, 4) is 0 Å². The van der Waals surface area contributed by atoms with E-state index in [2.05, 4.69) is 5.32 Å². The Morgan fingerprint density at radius 1 is 1.30 bits per heavy atom. The quantitative estimate of drug-likeness (QED) is 0.910. The molecule has 0 saturated heterocycles. The number of hydrogen-bond donors (Lipinski definition) is 1. The molecule has 0 radical (unpaired) electrons. The summed E-state index contributed by atoms with van der Waals surface area (Å²) in [5.41, 5.74) is -0.460. The second-order valence-corrected chi connectivity index (χ2v) is 7.10. The van der Waals surface area contributed by atoms with Crippen LogP contribution in [-0.2, 0) is 16.0 Å². The second kappa shape index (κ2) is 6.13. The summed E-state index contributed by atoms with van der Waals surface area (Å²) in [7, 11) is -3.36. The number of halogens is 3. The molecule has 0 amide bonds. The molecule has 0 aromatic heterocycles. The first-order valence-corrected chi connectivity index (χ1v) is 8.12. The van der Waals surface area contributed by atoms with Crippen LogP contribution in [0.15, 0.2) is 24.3 Å². The predicted molar refractivity (Wildman–Crippen MR) is 72.2 cm³/mol. The maximum atomic E-state index is 12.7. The van der Waals surface area contributed by atoms with Gasteiger partial charge in [0.25, 0.3) is 0 Å². The summed E-state index contributed by atoms with van der Waals surface area (Å²) >= 11 is 0. The Morgan fingerprint density at radius 2 is 1.90 bits per heavy atom. The van der Waals surface area contributed by atoms with Crippen molar-refractivity contribution >= 4 is 9.84 Å². The molecule has 7 heteroatoms. The number of nitrogens with one attached hydrogen (secondary N) is 1. The van der Waals surface area contributed by atoms with Gasteiger partial charge in [0.05, 0.1) is 10.8 Å². The number of alkyl halides is 3. The highest BCUT2D eigenvalue weighted by Crippen LogP contribution is 2.32. The molecule has 3 nitrogen and oxygen atoms in total. The zero-order chi connectivity index (χ0) is 15.6. The lowest BCUT2D eigenvalue weighted by molar-refractivity contribution is -0.137. The minimum atomic E-state index is -4.44. The van der Waals surface area contributed by atoms with Crippen LogP contribution in [0.2, 0.25) is 0 Å². The topological polar surface area (TPSA) is 46.2 Å². The van der Waals surface area contributed by atoms with Gasteiger partial charge in [-0.15, -0.1) is 0 Å². The van der Waals surface area contributed by atoms with Gasteiger partial charge in [-0.3, -0.25) is 0 Å². The van der Waals surface area contributed by atoms with E-state index >= 15 is 0 Å². The van der Waals surface area contributed by atoms with Crippen LogP contribution in [-0.4, -0.2) is 26.5 Å². The summed E-state index contributed by atoms with van der Waals surface area (Å²) in [6.07, 6.45) is -3.36. The fourth-order valence-corrected chi connectivity index (χ4v) is 2.68. The number of rotatable bonds is 5. The molecule has 1 aromatic rings. The van der Waals surface area contributed by atoms with E-state index in [-0.39, 0.29) is 0 Å². The Kier molecular flexibility index (Phi) is 5.21. The molecular formula is C13H18F3NO2S. The van der Waals surface area contributed by atoms with Gasteiger partial charge >= 0.3 is 6.18 Å². The molecule has 0 aliphatic heterocycles. The molecule has 0 aliphatic carbocycles. The van der Waals surface area contributed by atoms with Gasteiger partial charge in [0.2, 0.25) is 0 Å². The van der Waals surface area contributed by atoms with E-state index in [1.54, 1.807) is 6.92 Å². The average Bonchev–Trinajstić information content (AvgIpc) is 2.33. The molecule has 2 unspecified atom stereocenters. The molecule has 114 valence electrons. The highest BCUT2D eigenvalue weighted by atomic mass is 32.2. The Labute approximate surface area is 117 Å². The molecule has 0 heterocycles. The molecule has 0 spiro atoms. The minimum absolute atomic E-state index is 0.319. The molecule has 0 fully saturated rings. The van der Waals surface area contributed by atoms with E-state index < -0.39 is 32.9 Å². The highest BCUT2D eigenvalue weighted by molar-refractivity contribution is 7.91. The normalized spacial score (nSPS) is 15.9. The van der Waals surface area contributed by atoms with Crippen molar-refractivity contribution in [1.29, 1.82) is 0 Å². The van der Waals surface area contributed by atoms with Crippen molar-refractivity contribution < 1.29 is 21.6 Å². The molecule has 0 bridgehead atoms. The first kappa shape index (κ1) is 17.0. The third kappa shape index (κ3) is 4.21. The maximum absolute atomic E-state index is 12.7. The van der Waals surface area contributed by atoms with Crippen molar-refractivity contribution in [2.24, 2.45) is 0 Å². The van der Waals surface area contributed by atoms with Gasteiger partial charge in [-0.2, -0.15) is 13.2 Å². The fraction of sp³-hybridized carbons (Fsp3) is 0.538. The van der Waals surface area contributed by atoms with Gasteiger partial charge in [0.1, 0.15) is 0 Å². The summed E-state index contributed by atoms with van der Waals surface area (Å²) in [5.74, 6) is 0. The third-order valence-electron chi connectivity index (χ3n) is 3.14. The van der Waals surface area contributed by atoms with Gasteiger partial charge in [0.15, 0.2) is 9.84 Å². The molecule has 1 aromatic carbocycles. The van der Waals surface area contributed by atoms with Gasteiger partial charge in [-0.05, 0) is 31.2 Å². The lowest BCUT2D eigenvalue weighted by Gasteiger charge is -2.24. The van der Waals surface area contributed by atoms with Crippen LogP contribution in [0.5, 0.6) is 0 Å². The molecule has 20 heavy (non-hydrogen) atoms. The summed E-state index contributed by atoms with van der Waals surface area (Å²) < 4.78 is 61.4. The first-order valence-electron chi connectivity index (χ1n) is 6.16. The van der Waals surface area contributed by atoms with E-state index in [9.17, 15) is 21.6 Å². The van der Waals surface area contributed by atoms with E-state index in [4.69, 9.17) is 0 Å². The van der Waals surface area contributed by atoms with Crippen LogP contribution in [0.25, 0.3) is 0 Å². The van der Waals surface area contributed by atoms with E-state index in [1.165, 1.54) is 19.1 Å². The maximum Gasteiger partial charge on any atom is 0.416 e. The third-order valence-corrected chi connectivity index (χ3v) is 4.76. The Morgan fingerprint density at radius 3 is 2.35 bits per heavy atom. The average molecular weight is 309 g/mol. The molecule has 1 rings (SSSR count). The Hall–Kier alpha value is -1.08. The van der Waals surface area contributed by atoms with Crippen LogP contribution in [0.4, 0.5) is 13.2 Å². The second-order valence-electron chi connectivity index (χ2n) is 4.69. The van der Waals surface area contributed by atoms with Crippen LogP contribution in [0.3, 0.4) is 0 Å². The van der Waals surface area contributed by atoms with Gasteiger partial charge < -0.3 is 5.32 Å². The molecule has 1 N–H and O–H groups in total. The molecular weight excluding hydrogens is 291 g/mol. The first-order chi connectivity index (χ1) is 9.07. The Bertz CT molecular complexity index is 555. The van der Waals surface area contributed by atoms with Gasteiger partial charge in [-0.1, -0.05) is 19.1 Å². The van der Waals surface area contributed by atoms with E-state index in [0.717, 1.165) is 18.4 Å². The fourth-order valence-electron chi connectivity index (χ4n) is 1.93. The lowest BCUT2D eigenvalue weighted by atomic mass is 10.0. The predicted octanol–water partition coefficient (Wildman–Crippen LogP) is 2.79. The molecule has 2 atom stereocenters. The van der Waals surface area contributed by atoms with Gasteiger partial charge in [-0.25, -0.2) is 8.42 Å². The zero-order valence-corrected chi connectivity index (χ0v) is 12.3. The van der Waals surface area contributed by atoms with Crippen molar-refractivity contribution in [1.82, 2.24) is 5.32 Å². The number of hydrogen-bond acceptors (Lipinski definition) is 3. The van der Waals surface area contributed by atoms with Crippen molar-refractivity contribution in [3.05, 3.63) is 35.4 Å². The largest absolute Gasteiger partial charge is 0.416 e. The number of sulfone groups is 1. The summed E-state index contributed by atoms with van der Waals surface area (Å²) in [4.78, 5) is 0. The van der Waals surface area contributed by atoms with E-state index in [1.807, 2.05) is 0 Å². The SMILES string of the molecule is CCNC(c1cccc(C(F)(F)F)c1)C(C)S(C)(=O)=O. The minimum Gasteiger partial charge on any atom is -0.309 e. The smallest absolute Gasteiger partial charge is 0.309 e. The molecule has 0 aliphatic rings. The van der Waals surface area contributed by atoms with Crippen molar-refractivity contribution in [3.63, 3.8) is 0 Å². The van der Waals surface area contributed by atoms with Crippen LogP contribution < -0.4 is 5.32 Å². The monoisotopic (exact) mass is 309 g/mol. The Balaban J connectivity index is 3.23.